The molecule has 248 valence electrons. The molecule has 0 saturated carbocycles. The topological polar surface area (TPSA) is 98.8 Å². The molecular weight excluding hydrogens is 607 g/mol. The molecule has 0 bridgehead atoms. The predicted octanol–water partition coefficient (Wildman–Crippen LogP) is 8.03. The zero-order chi connectivity index (χ0) is 34.2. The fraction of sp³-hybridized carbons (Fsp3) is 0.417. The summed E-state index contributed by atoms with van der Waals surface area (Å²) in [6.45, 7) is 8.14. The molecule has 2 aromatic carbocycles. The van der Waals surface area contributed by atoms with Gasteiger partial charge in [0.15, 0.2) is 11.1 Å². The third-order valence-electron chi connectivity index (χ3n) is 8.10. The van der Waals surface area contributed by atoms with E-state index in [1.807, 2.05) is 31.2 Å². The smallest absolute Gasteiger partial charge is 0.454 e. The van der Waals surface area contributed by atoms with Crippen LogP contribution in [0.3, 0.4) is 0 Å². The Morgan fingerprint density at radius 1 is 0.783 bits per heavy atom. The van der Waals surface area contributed by atoms with Crippen molar-refractivity contribution < 1.29 is 42.5 Å². The molecule has 10 heteroatoms. The molecule has 46 heavy (non-hydrogen) atoms. The predicted molar refractivity (Wildman–Crippen MR) is 181 cm³/mol. The third-order valence-corrected chi connectivity index (χ3v) is 9.69. The maximum absolute atomic E-state index is 14.7. The minimum absolute atomic E-state index is 0.132. The molecule has 0 spiro atoms. The first kappa shape index (κ1) is 36.6. The van der Waals surface area contributed by atoms with Crippen molar-refractivity contribution in [3.63, 3.8) is 0 Å². The molecule has 2 atom stereocenters. The Morgan fingerprint density at radius 2 is 1.24 bits per heavy atom. The summed E-state index contributed by atoms with van der Waals surface area (Å²) >= 11 is 0. The minimum atomic E-state index is -2.69. The second kappa shape index (κ2) is 15.6. The molecule has 1 aliphatic rings. The molecule has 0 saturated heterocycles. The van der Waals surface area contributed by atoms with Crippen molar-refractivity contribution >= 4 is 25.5 Å². The van der Waals surface area contributed by atoms with E-state index < -0.39 is 30.4 Å². The van der Waals surface area contributed by atoms with E-state index in [-0.39, 0.29) is 12.0 Å². The van der Waals surface area contributed by atoms with E-state index >= 15 is 0 Å². The van der Waals surface area contributed by atoms with Crippen molar-refractivity contribution in [2.45, 2.75) is 39.9 Å². The van der Waals surface area contributed by atoms with E-state index in [4.69, 9.17) is 33.2 Å². The number of ether oxygens (including phenoxy) is 7. The third kappa shape index (κ3) is 7.72. The highest BCUT2D eigenvalue weighted by molar-refractivity contribution is 7.68. The molecule has 0 heterocycles. The Kier molecular flexibility index (Phi) is 12.4. The molecule has 0 aromatic heterocycles. The zero-order valence-electron chi connectivity index (χ0n) is 28.7. The van der Waals surface area contributed by atoms with E-state index in [9.17, 15) is 9.36 Å². The Bertz CT molecular complexity index is 1510. The average Bonchev–Trinajstić information content (AvgIpc) is 3.07. The van der Waals surface area contributed by atoms with Crippen molar-refractivity contribution in [1.29, 1.82) is 0 Å². The molecule has 3 rings (SSSR count). The van der Waals surface area contributed by atoms with Crippen LogP contribution < -0.4 is 18.9 Å². The van der Waals surface area contributed by atoms with Crippen LogP contribution in [-0.2, 0) is 23.6 Å². The molecular formula is C36H46O9P+. The van der Waals surface area contributed by atoms with Crippen LogP contribution in [0.5, 0.6) is 23.0 Å². The van der Waals surface area contributed by atoms with Gasteiger partial charge in [-0.3, -0.25) is 0 Å². The summed E-state index contributed by atoms with van der Waals surface area (Å²) in [5, 5.41) is 0.379. The first-order valence-electron chi connectivity index (χ1n) is 14.8. The lowest BCUT2D eigenvalue weighted by atomic mass is 9.78. The molecule has 0 radical (unpaired) electrons. The van der Waals surface area contributed by atoms with Gasteiger partial charge in [0.1, 0.15) is 34.3 Å². The van der Waals surface area contributed by atoms with Gasteiger partial charge in [0.05, 0.1) is 53.1 Å². The van der Waals surface area contributed by atoms with Gasteiger partial charge in [-0.1, -0.05) is 50.0 Å². The minimum Gasteiger partial charge on any atom is -0.500 e. The van der Waals surface area contributed by atoms with Gasteiger partial charge in [0.25, 0.3) is 0 Å². The molecule has 0 amide bonds. The van der Waals surface area contributed by atoms with Crippen LogP contribution in [-0.4, -0.2) is 61.1 Å². The largest absolute Gasteiger partial charge is 0.500 e. The average molecular weight is 654 g/mol. The number of hydrogen-bond donors (Lipinski definition) is 0. The summed E-state index contributed by atoms with van der Waals surface area (Å²) in [6.07, 6.45) is 7.06. The van der Waals surface area contributed by atoms with Crippen LogP contribution in [0.4, 0.5) is 0 Å². The van der Waals surface area contributed by atoms with Gasteiger partial charge in [-0.15, -0.1) is 0 Å². The summed E-state index contributed by atoms with van der Waals surface area (Å²) in [5.41, 5.74) is 1.35. The van der Waals surface area contributed by atoms with Gasteiger partial charge in [0.2, 0.25) is 0 Å². The van der Waals surface area contributed by atoms with Crippen LogP contribution in [0.25, 0.3) is 12.2 Å². The Labute approximate surface area is 273 Å². The fourth-order valence-electron chi connectivity index (χ4n) is 5.50. The molecule has 2 unspecified atom stereocenters. The van der Waals surface area contributed by atoms with Crippen LogP contribution in [0.2, 0.25) is 0 Å². The van der Waals surface area contributed by atoms with Crippen molar-refractivity contribution in [1.82, 2.24) is 0 Å². The molecule has 1 aliphatic carbocycles. The SMILES string of the molecule is COC1=C(C(=O)[P+](=O)C(=Cc2c(OC)cccc2OC)C(C)C(=Cc2c(OC)cccc2OC)C(C)(C)C)C=CC(OC)(OC)C1. The number of carbonyl (C=O) groups is 1. The number of allylic oxidation sites excluding steroid dienone is 4. The highest BCUT2D eigenvalue weighted by Crippen LogP contribution is 2.51. The number of carbonyl (C=O) groups excluding carboxylic acids is 1. The highest BCUT2D eigenvalue weighted by Gasteiger charge is 2.45. The van der Waals surface area contributed by atoms with Gasteiger partial charge in [-0.2, -0.15) is 0 Å². The second-order valence-corrected chi connectivity index (χ2v) is 13.2. The van der Waals surface area contributed by atoms with Crippen molar-refractivity contribution in [3.8, 4) is 23.0 Å². The van der Waals surface area contributed by atoms with Crippen LogP contribution in [0.15, 0.2) is 70.8 Å². The van der Waals surface area contributed by atoms with Gasteiger partial charge in [-0.25, -0.2) is 4.79 Å². The molecule has 0 fully saturated rings. The van der Waals surface area contributed by atoms with Gasteiger partial charge in [-0.05, 0) is 47.9 Å². The molecule has 0 N–H and O–H groups in total. The molecule has 2 aromatic rings. The summed E-state index contributed by atoms with van der Waals surface area (Å²) < 4.78 is 54.1. The maximum atomic E-state index is 14.7. The summed E-state index contributed by atoms with van der Waals surface area (Å²) in [7, 11) is 8.09. The van der Waals surface area contributed by atoms with E-state index in [2.05, 4.69) is 20.8 Å². The van der Waals surface area contributed by atoms with E-state index in [1.165, 1.54) is 21.3 Å². The first-order valence-corrected chi connectivity index (χ1v) is 16.0. The Balaban J connectivity index is 2.33. The van der Waals surface area contributed by atoms with E-state index in [0.717, 1.165) is 11.1 Å². The van der Waals surface area contributed by atoms with Crippen molar-refractivity contribution in [3.05, 3.63) is 81.9 Å². The quantitative estimate of drug-likeness (QED) is 0.148. The monoisotopic (exact) mass is 653 g/mol. The number of benzene rings is 2. The van der Waals surface area contributed by atoms with Gasteiger partial charge >= 0.3 is 13.3 Å². The summed E-state index contributed by atoms with van der Waals surface area (Å²) in [6, 6.07) is 10.9. The lowest BCUT2D eigenvalue weighted by Gasteiger charge is -2.31. The Hall–Kier alpha value is -3.91. The molecule has 9 nitrogen and oxygen atoms in total. The zero-order valence-corrected chi connectivity index (χ0v) is 29.6. The second-order valence-electron chi connectivity index (χ2n) is 11.7. The summed E-state index contributed by atoms with van der Waals surface area (Å²) in [4.78, 5) is 14.2. The van der Waals surface area contributed by atoms with Crippen molar-refractivity contribution in [2.24, 2.45) is 11.3 Å². The molecule has 0 aliphatic heterocycles. The van der Waals surface area contributed by atoms with Crippen molar-refractivity contribution in [2.75, 3.05) is 49.8 Å². The van der Waals surface area contributed by atoms with Crippen LogP contribution >= 0.6 is 7.80 Å². The lowest BCUT2D eigenvalue weighted by molar-refractivity contribution is -0.174. The van der Waals surface area contributed by atoms with Crippen LogP contribution in [0, 0.1) is 11.3 Å². The van der Waals surface area contributed by atoms with E-state index in [0.29, 0.717) is 39.6 Å². The standard InChI is InChI=1S/C36H46O9P/c1-23(27(35(2,3)4)20-25-28(39-5)14-12-15-29(25)40-6)33(21-26-30(41-7)16-13-17-31(26)42-8)46(38)34(37)24-18-19-36(44-10,45-11)22-32(24)43-9/h12-21,23H,22H2,1-11H3/q+1. The first-order chi connectivity index (χ1) is 21.8. The normalized spacial score (nSPS) is 16.1. The highest BCUT2D eigenvalue weighted by atomic mass is 31.1. The maximum Gasteiger partial charge on any atom is 0.454 e. The Morgan fingerprint density at radius 3 is 1.63 bits per heavy atom. The lowest BCUT2D eigenvalue weighted by Crippen LogP contribution is -2.34. The summed E-state index contributed by atoms with van der Waals surface area (Å²) in [5.74, 6) is 0.951. The van der Waals surface area contributed by atoms with Gasteiger partial charge in [0, 0.05) is 26.2 Å². The van der Waals surface area contributed by atoms with Gasteiger partial charge < -0.3 is 33.2 Å². The fourth-order valence-corrected chi connectivity index (χ4v) is 6.89. The van der Waals surface area contributed by atoms with E-state index in [1.54, 1.807) is 64.9 Å². The number of methoxy groups -OCH3 is 7. The number of hydrogen-bond acceptors (Lipinski definition) is 9. The van der Waals surface area contributed by atoms with Crippen LogP contribution in [0.1, 0.15) is 45.2 Å². The number of rotatable bonds is 14.